The van der Waals surface area contributed by atoms with Crippen molar-refractivity contribution < 1.29 is 4.48 Å². The summed E-state index contributed by atoms with van der Waals surface area (Å²) >= 11 is 0. The lowest BCUT2D eigenvalue weighted by molar-refractivity contribution is -0.890. The van der Waals surface area contributed by atoms with Crippen molar-refractivity contribution in [3.63, 3.8) is 0 Å². The van der Waals surface area contributed by atoms with Gasteiger partial charge in [-0.2, -0.15) is 0 Å². The molecule has 0 saturated heterocycles. The molecule has 0 aliphatic carbocycles. The second kappa shape index (κ2) is 31.2. The minimum atomic E-state index is 0. The number of hydrogen-bond donors (Lipinski definition) is 0. The number of quaternary nitrogens is 1. The first-order valence-electron chi connectivity index (χ1n) is 16.9. The van der Waals surface area contributed by atoms with Gasteiger partial charge in [0, 0.05) is 0 Å². The first-order chi connectivity index (χ1) is 17.1. The highest BCUT2D eigenvalue weighted by Crippen LogP contribution is 2.15. The van der Waals surface area contributed by atoms with Gasteiger partial charge in [0.1, 0.15) is 0 Å². The number of unbranched alkanes of at least 4 members (excludes halogenated alkanes) is 26. The van der Waals surface area contributed by atoms with Gasteiger partial charge in [-0.05, 0) is 25.7 Å². The molecule has 0 atom stereocenters. The Balaban J connectivity index is 0. The van der Waals surface area contributed by atoms with E-state index >= 15 is 0 Å². The molecule has 0 heterocycles. The van der Waals surface area contributed by atoms with Crippen molar-refractivity contribution in [3.05, 3.63) is 0 Å². The Bertz CT molecular complexity index is 347. The molecule has 0 bridgehead atoms. The SMILES string of the molecule is CCCCCCCCCCCCCCCC[N+](C)(C)CCCCCCCCCCCCCCCC.[B-]. The van der Waals surface area contributed by atoms with Crippen LogP contribution in [0.15, 0.2) is 0 Å². The summed E-state index contributed by atoms with van der Waals surface area (Å²) in [6.07, 6.45) is 40.9. The zero-order chi connectivity index (χ0) is 25.7. The van der Waals surface area contributed by atoms with E-state index in [1.807, 2.05) is 0 Å². The molecule has 0 aliphatic rings. The average molecular weight is 506 g/mol. The summed E-state index contributed by atoms with van der Waals surface area (Å²) in [5, 5.41) is 0. The van der Waals surface area contributed by atoms with Crippen LogP contribution in [0.25, 0.3) is 0 Å². The van der Waals surface area contributed by atoms with Gasteiger partial charge >= 0.3 is 0 Å². The number of nitrogens with zero attached hydrogens (tertiary/aromatic N) is 1. The average Bonchev–Trinajstić information content (AvgIpc) is 2.84. The van der Waals surface area contributed by atoms with Crippen LogP contribution >= 0.6 is 0 Å². The van der Waals surface area contributed by atoms with E-state index in [0.29, 0.717) is 0 Å². The Morgan fingerprint density at radius 1 is 0.278 bits per heavy atom. The van der Waals surface area contributed by atoms with Gasteiger partial charge in [-0.3, -0.25) is 0 Å². The maximum atomic E-state index is 2.46. The van der Waals surface area contributed by atoms with Gasteiger partial charge in [0.25, 0.3) is 0 Å². The third-order valence-corrected chi connectivity index (χ3v) is 8.23. The minimum absolute atomic E-state index is 0. The highest BCUT2D eigenvalue weighted by Gasteiger charge is 2.13. The Morgan fingerprint density at radius 2 is 0.444 bits per heavy atom. The second-order valence-corrected chi connectivity index (χ2v) is 12.6. The molecule has 0 aromatic heterocycles. The van der Waals surface area contributed by atoms with Gasteiger partial charge in [-0.15, -0.1) is 0 Å². The van der Waals surface area contributed by atoms with Crippen molar-refractivity contribution in [2.45, 2.75) is 194 Å². The Kier molecular flexibility index (Phi) is 33.1. The van der Waals surface area contributed by atoms with Crippen LogP contribution in [0.4, 0.5) is 0 Å². The van der Waals surface area contributed by atoms with E-state index in [2.05, 4.69) is 27.9 Å². The highest BCUT2D eigenvalue weighted by atomic mass is 15.3. The smallest absolute Gasteiger partial charge is 0.0782 e. The summed E-state index contributed by atoms with van der Waals surface area (Å²) in [6.45, 7) is 7.38. The summed E-state index contributed by atoms with van der Waals surface area (Å²) in [5.41, 5.74) is 0. The fourth-order valence-corrected chi connectivity index (χ4v) is 5.58. The Morgan fingerprint density at radius 3 is 0.639 bits per heavy atom. The zero-order valence-electron chi connectivity index (χ0n) is 26.2. The summed E-state index contributed by atoms with van der Waals surface area (Å²) in [6, 6.07) is 0. The first kappa shape index (κ1) is 38.2. The fraction of sp³-hybridized carbons (Fsp3) is 1.00. The van der Waals surface area contributed by atoms with Gasteiger partial charge in [0.2, 0.25) is 0 Å². The summed E-state index contributed by atoms with van der Waals surface area (Å²) in [4.78, 5) is 0. The molecule has 0 aromatic rings. The van der Waals surface area contributed by atoms with Crippen LogP contribution in [0.5, 0.6) is 0 Å². The van der Waals surface area contributed by atoms with Crippen LogP contribution < -0.4 is 0 Å². The molecule has 2 heteroatoms. The minimum Gasteiger partial charge on any atom is -1.00 e. The van der Waals surface area contributed by atoms with Crippen molar-refractivity contribution in [2.24, 2.45) is 0 Å². The number of rotatable bonds is 30. The topological polar surface area (TPSA) is 0 Å². The molecule has 0 amide bonds. The van der Waals surface area contributed by atoms with Crippen LogP contribution in [0.1, 0.15) is 194 Å². The molecule has 0 N–H and O–H groups in total. The molecule has 0 spiro atoms. The highest BCUT2D eigenvalue weighted by molar-refractivity contribution is 5.75. The number of hydrogen-bond acceptors (Lipinski definition) is 0. The van der Waals surface area contributed by atoms with E-state index in [9.17, 15) is 0 Å². The lowest BCUT2D eigenvalue weighted by Crippen LogP contribution is -2.41. The van der Waals surface area contributed by atoms with Crippen molar-refractivity contribution in [3.8, 4) is 0 Å². The van der Waals surface area contributed by atoms with E-state index in [1.165, 1.54) is 197 Å². The van der Waals surface area contributed by atoms with Gasteiger partial charge in [-0.1, -0.05) is 168 Å². The Labute approximate surface area is 233 Å². The lowest BCUT2D eigenvalue weighted by Gasteiger charge is -2.30. The summed E-state index contributed by atoms with van der Waals surface area (Å²) in [7, 11) is 4.93. The van der Waals surface area contributed by atoms with E-state index in [-0.39, 0.29) is 8.41 Å². The van der Waals surface area contributed by atoms with Crippen LogP contribution in [-0.4, -0.2) is 40.1 Å². The normalized spacial score (nSPS) is 11.7. The van der Waals surface area contributed by atoms with Gasteiger partial charge in [0.05, 0.1) is 27.2 Å². The predicted octanol–water partition coefficient (Wildman–Crippen LogP) is 11.6. The first-order valence-corrected chi connectivity index (χ1v) is 16.9. The van der Waals surface area contributed by atoms with Crippen LogP contribution in [0, 0.1) is 0 Å². The zero-order valence-corrected chi connectivity index (χ0v) is 26.2. The molecule has 0 aromatic carbocycles. The molecule has 1 nitrogen and oxygen atoms in total. The monoisotopic (exact) mass is 506 g/mol. The van der Waals surface area contributed by atoms with Gasteiger partial charge in [0.15, 0.2) is 0 Å². The lowest BCUT2D eigenvalue weighted by atomic mass is 10.0. The Hall–Kier alpha value is 0.0249. The van der Waals surface area contributed by atoms with E-state index in [0.717, 1.165) is 0 Å². The van der Waals surface area contributed by atoms with Crippen molar-refractivity contribution in [2.75, 3.05) is 27.2 Å². The largest absolute Gasteiger partial charge is 1.00 e. The van der Waals surface area contributed by atoms with Gasteiger partial charge in [-0.25, -0.2) is 0 Å². The molecular weight excluding hydrogens is 433 g/mol. The molecule has 36 heavy (non-hydrogen) atoms. The molecule has 0 saturated carbocycles. The van der Waals surface area contributed by atoms with E-state index in [1.54, 1.807) is 0 Å². The van der Waals surface area contributed by atoms with E-state index < -0.39 is 0 Å². The molecule has 0 fully saturated rings. The fourth-order valence-electron chi connectivity index (χ4n) is 5.58. The quantitative estimate of drug-likeness (QED) is 0.0517. The third-order valence-electron chi connectivity index (χ3n) is 8.23. The molecule has 0 rings (SSSR count). The molecule has 4 radical (unpaired) electrons. The standard InChI is InChI=1S/C34H72N.B/c1-5-7-9-11-13-15-17-19-21-23-25-27-29-31-33-35(3,4)34-32-30-28-26-24-22-20-18-16-14-12-10-8-6-2;/h5-34H2,1-4H3;/q+1;-1. The van der Waals surface area contributed by atoms with Crippen LogP contribution in [-0.2, 0) is 0 Å². The second-order valence-electron chi connectivity index (χ2n) is 12.6. The summed E-state index contributed by atoms with van der Waals surface area (Å²) < 4.78 is 1.25. The van der Waals surface area contributed by atoms with Crippen molar-refractivity contribution >= 4 is 8.41 Å². The maximum absolute atomic E-state index is 2.46. The summed E-state index contributed by atoms with van der Waals surface area (Å²) in [5.74, 6) is 0. The molecular formula is C34H72BN. The van der Waals surface area contributed by atoms with Crippen LogP contribution in [0.2, 0.25) is 0 Å². The van der Waals surface area contributed by atoms with Crippen molar-refractivity contribution in [1.29, 1.82) is 0 Å². The molecule has 216 valence electrons. The van der Waals surface area contributed by atoms with E-state index in [4.69, 9.17) is 0 Å². The third kappa shape index (κ3) is 32.1. The van der Waals surface area contributed by atoms with Gasteiger partial charge < -0.3 is 12.9 Å². The molecule has 0 unspecified atom stereocenters. The maximum Gasteiger partial charge on any atom is 0.0782 e. The van der Waals surface area contributed by atoms with Crippen LogP contribution in [0.3, 0.4) is 0 Å². The molecule has 0 aliphatic heterocycles. The van der Waals surface area contributed by atoms with Crippen molar-refractivity contribution in [1.82, 2.24) is 0 Å². The predicted molar refractivity (Wildman–Crippen MR) is 168 cm³/mol.